The monoisotopic (exact) mass is 499 g/mol. The number of benzene rings is 1. The van der Waals surface area contributed by atoms with Crippen LogP contribution in [0.1, 0.15) is 54.7 Å². The molecule has 0 spiro atoms. The molecule has 9 nitrogen and oxygen atoms in total. The molecule has 1 aliphatic heterocycles. The largest absolute Gasteiger partial charge is 0.354 e. The van der Waals surface area contributed by atoms with E-state index in [2.05, 4.69) is 20.9 Å². The molecule has 1 unspecified atom stereocenters. The maximum absolute atomic E-state index is 13.0. The Morgan fingerprint density at radius 2 is 1.91 bits per heavy atom. The highest BCUT2D eigenvalue weighted by Crippen LogP contribution is 2.17. The summed E-state index contributed by atoms with van der Waals surface area (Å²) in [6.07, 6.45) is 2.40. The Bertz CT molecular complexity index is 1050. The normalized spacial score (nSPS) is 15.8. The number of amides is 4. The van der Waals surface area contributed by atoms with Gasteiger partial charge in [0.05, 0.1) is 12.1 Å². The summed E-state index contributed by atoms with van der Waals surface area (Å²) in [5.74, 6) is -0.813. The van der Waals surface area contributed by atoms with Crippen molar-refractivity contribution in [1.82, 2.24) is 20.5 Å². The maximum Gasteiger partial charge on any atom is 0.254 e. The van der Waals surface area contributed by atoms with E-state index >= 15 is 0 Å². The van der Waals surface area contributed by atoms with Gasteiger partial charge >= 0.3 is 0 Å². The van der Waals surface area contributed by atoms with Gasteiger partial charge in [-0.25, -0.2) is 4.98 Å². The third-order valence-corrected chi connectivity index (χ3v) is 6.32. The third kappa shape index (κ3) is 8.17. The molecule has 0 saturated carbocycles. The van der Waals surface area contributed by atoms with Crippen LogP contribution in [0.25, 0.3) is 0 Å². The lowest BCUT2D eigenvalue weighted by atomic mass is 10.1. The first-order valence-electron chi connectivity index (χ1n) is 11.9. The van der Waals surface area contributed by atoms with Crippen LogP contribution < -0.4 is 16.0 Å². The van der Waals surface area contributed by atoms with Crippen LogP contribution in [0.3, 0.4) is 0 Å². The first-order valence-corrected chi connectivity index (χ1v) is 12.8. The molecule has 1 aromatic carbocycles. The van der Waals surface area contributed by atoms with Crippen LogP contribution in [0.4, 0.5) is 5.13 Å². The number of aromatic nitrogens is 1. The minimum absolute atomic E-state index is 0.0154. The molecule has 35 heavy (non-hydrogen) atoms. The van der Waals surface area contributed by atoms with E-state index in [1.807, 2.05) is 32.9 Å². The van der Waals surface area contributed by atoms with Crippen LogP contribution in [0.2, 0.25) is 0 Å². The van der Waals surface area contributed by atoms with Gasteiger partial charge in [0.1, 0.15) is 12.6 Å². The van der Waals surface area contributed by atoms with Crippen molar-refractivity contribution in [3.05, 3.63) is 46.5 Å². The Morgan fingerprint density at radius 1 is 1.17 bits per heavy atom. The number of nitrogens with one attached hydrogen (secondary N) is 3. The highest BCUT2D eigenvalue weighted by Gasteiger charge is 2.23. The number of hydrogen-bond donors (Lipinski definition) is 3. The summed E-state index contributed by atoms with van der Waals surface area (Å²) in [7, 11) is 0. The molecule has 0 radical (unpaired) electrons. The van der Waals surface area contributed by atoms with Gasteiger partial charge < -0.3 is 20.9 Å². The third-order valence-electron chi connectivity index (χ3n) is 5.52. The number of aryl methyl sites for hydroxylation is 1. The second-order valence-electron chi connectivity index (χ2n) is 9.22. The van der Waals surface area contributed by atoms with E-state index < -0.39 is 6.04 Å². The van der Waals surface area contributed by atoms with Gasteiger partial charge in [-0.15, -0.1) is 11.3 Å². The van der Waals surface area contributed by atoms with Crippen molar-refractivity contribution in [2.45, 2.75) is 52.5 Å². The van der Waals surface area contributed by atoms with Crippen molar-refractivity contribution < 1.29 is 19.2 Å². The van der Waals surface area contributed by atoms with Crippen molar-refractivity contribution in [1.29, 1.82) is 0 Å². The molecule has 1 aliphatic rings. The van der Waals surface area contributed by atoms with Crippen molar-refractivity contribution in [2.24, 2.45) is 5.92 Å². The van der Waals surface area contributed by atoms with Crippen molar-refractivity contribution >= 4 is 40.1 Å². The SMILES string of the molecule is Cc1ccc(C(=O)N(CC(=O)Nc2nc(CC(=O)NC3CCCCNC3=O)cs2)CC(C)C)cc1. The molecular formula is C25H33N5O4S. The average Bonchev–Trinajstić information content (AvgIpc) is 3.13. The molecule has 1 saturated heterocycles. The first kappa shape index (κ1) is 26.3. The zero-order valence-electron chi connectivity index (χ0n) is 20.4. The lowest BCUT2D eigenvalue weighted by molar-refractivity contribution is -0.128. The van der Waals surface area contributed by atoms with Gasteiger partial charge in [-0.1, -0.05) is 31.5 Å². The van der Waals surface area contributed by atoms with Crippen LogP contribution in [0, 0.1) is 12.8 Å². The van der Waals surface area contributed by atoms with E-state index in [0.717, 1.165) is 18.4 Å². The number of carbonyl (C=O) groups is 4. The highest BCUT2D eigenvalue weighted by molar-refractivity contribution is 7.13. The fraction of sp³-hybridized carbons (Fsp3) is 0.480. The zero-order chi connectivity index (χ0) is 25.4. The lowest BCUT2D eigenvalue weighted by Gasteiger charge is -2.24. The van der Waals surface area contributed by atoms with Gasteiger partial charge in [0.15, 0.2) is 5.13 Å². The minimum atomic E-state index is -0.527. The Kier molecular flexibility index (Phi) is 9.36. The van der Waals surface area contributed by atoms with Crippen LogP contribution in [0.15, 0.2) is 29.6 Å². The highest BCUT2D eigenvalue weighted by atomic mass is 32.1. The molecule has 2 heterocycles. The lowest BCUT2D eigenvalue weighted by Crippen LogP contribution is -2.46. The molecule has 1 aromatic heterocycles. The van der Waals surface area contributed by atoms with Crippen LogP contribution in [0.5, 0.6) is 0 Å². The predicted octanol–water partition coefficient (Wildman–Crippen LogP) is 2.52. The summed E-state index contributed by atoms with van der Waals surface area (Å²) < 4.78 is 0. The molecule has 1 fully saturated rings. The second kappa shape index (κ2) is 12.4. The molecule has 4 amide bonds. The molecule has 2 aromatic rings. The van der Waals surface area contributed by atoms with Gasteiger partial charge in [-0.3, -0.25) is 19.2 Å². The fourth-order valence-corrected chi connectivity index (χ4v) is 4.53. The molecule has 188 valence electrons. The van der Waals surface area contributed by atoms with E-state index in [1.165, 1.54) is 16.2 Å². The van der Waals surface area contributed by atoms with E-state index in [-0.39, 0.29) is 42.5 Å². The molecular weight excluding hydrogens is 466 g/mol. The van der Waals surface area contributed by atoms with Crippen molar-refractivity contribution in [3.63, 3.8) is 0 Å². The average molecular weight is 500 g/mol. The molecule has 10 heteroatoms. The summed E-state index contributed by atoms with van der Waals surface area (Å²) in [4.78, 5) is 55.9. The van der Waals surface area contributed by atoms with Gasteiger partial charge in [-0.2, -0.15) is 0 Å². The second-order valence-corrected chi connectivity index (χ2v) is 10.1. The van der Waals surface area contributed by atoms with Crippen molar-refractivity contribution in [2.75, 3.05) is 25.0 Å². The Morgan fingerprint density at radius 3 is 2.63 bits per heavy atom. The van der Waals surface area contributed by atoms with Crippen LogP contribution >= 0.6 is 11.3 Å². The molecule has 1 atom stereocenters. The van der Waals surface area contributed by atoms with E-state index in [1.54, 1.807) is 17.5 Å². The molecule has 0 bridgehead atoms. The van der Waals surface area contributed by atoms with Gasteiger partial charge in [0.25, 0.3) is 5.91 Å². The molecule has 0 aliphatic carbocycles. The van der Waals surface area contributed by atoms with Crippen molar-refractivity contribution in [3.8, 4) is 0 Å². The zero-order valence-corrected chi connectivity index (χ0v) is 21.2. The standard InChI is InChI=1S/C25H33N5O4S/c1-16(2)13-30(24(34)18-9-7-17(3)8-10-18)14-22(32)29-25-27-19(15-35-25)12-21(31)28-20-6-4-5-11-26-23(20)33/h7-10,15-16,20H,4-6,11-14H2,1-3H3,(H,26,33)(H,28,31)(H,27,29,32). The maximum atomic E-state index is 13.0. The summed E-state index contributed by atoms with van der Waals surface area (Å²) in [6.45, 7) is 6.91. The Hall–Kier alpha value is -3.27. The van der Waals surface area contributed by atoms with Crippen LogP contribution in [-0.4, -0.2) is 59.2 Å². The quantitative estimate of drug-likeness (QED) is 0.490. The predicted molar refractivity (Wildman–Crippen MR) is 135 cm³/mol. The number of hydrogen-bond acceptors (Lipinski definition) is 6. The molecule has 3 N–H and O–H groups in total. The number of rotatable bonds is 9. The molecule has 3 rings (SSSR count). The number of carbonyl (C=O) groups excluding carboxylic acids is 4. The summed E-state index contributed by atoms with van der Waals surface area (Å²) in [5.41, 5.74) is 2.10. The minimum Gasteiger partial charge on any atom is -0.354 e. The van der Waals surface area contributed by atoms with E-state index in [9.17, 15) is 19.2 Å². The van der Waals surface area contributed by atoms with Gasteiger partial charge in [0, 0.05) is 24.0 Å². The number of nitrogens with zero attached hydrogens (tertiary/aromatic N) is 2. The van der Waals surface area contributed by atoms with E-state index in [4.69, 9.17) is 0 Å². The summed E-state index contributed by atoms with van der Waals surface area (Å²) in [5, 5.41) is 10.3. The van der Waals surface area contributed by atoms with Crippen LogP contribution in [-0.2, 0) is 20.8 Å². The Balaban J connectivity index is 1.55. The smallest absolute Gasteiger partial charge is 0.254 e. The topological polar surface area (TPSA) is 120 Å². The fourth-order valence-electron chi connectivity index (χ4n) is 3.80. The number of anilines is 1. The van der Waals surface area contributed by atoms with Gasteiger partial charge in [0.2, 0.25) is 17.7 Å². The first-order chi connectivity index (χ1) is 16.7. The van der Waals surface area contributed by atoms with Gasteiger partial charge in [-0.05, 0) is 44.2 Å². The summed E-state index contributed by atoms with van der Waals surface area (Å²) >= 11 is 1.21. The van der Waals surface area contributed by atoms with E-state index in [0.29, 0.717) is 35.9 Å². The number of thiazole rings is 1. The summed E-state index contributed by atoms with van der Waals surface area (Å²) in [6, 6.07) is 6.74. The Labute approximate surface area is 209 Å².